The van der Waals surface area contributed by atoms with Gasteiger partial charge in [-0.2, -0.15) is 5.10 Å². The molecule has 1 N–H and O–H groups in total. The fourth-order valence-corrected chi connectivity index (χ4v) is 3.02. The van der Waals surface area contributed by atoms with Crippen molar-refractivity contribution in [3.63, 3.8) is 0 Å². The van der Waals surface area contributed by atoms with E-state index in [0.717, 1.165) is 10.0 Å². The molecule has 126 valence electrons. The molecule has 0 spiro atoms. The lowest BCUT2D eigenvalue weighted by Gasteiger charge is -2.13. The van der Waals surface area contributed by atoms with Gasteiger partial charge in [-0.05, 0) is 52.0 Å². The fraction of sp³-hybridized carbons (Fsp3) is 0.176. The summed E-state index contributed by atoms with van der Waals surface area (Å²) in [5, 5.41) is 5.82. The summed E-state index contributed by atoms with van der Waals surface area (Å²) in [6, 6.07) is 7.19. The summed E-state index contributed by atoms with van der Waals surface area (Å²) in [4.78, 5) is 12.4. The van der Waals surface area contributed by atoms with Gasteiger partial charge in [0.25, 0.3) is 5.91 Å². The van der Waals surface area contributed by atoms with Crippen molar-refractivity contribution >= 4 is 39.4 Å². The zero-order chi connectivity index (χ0) is 17.4. The first-order valence-corrected chi connectivity index (χ1v) is 8.90. The standard InChI is InChI=1S/C17H17BrN2O3S/c1-3-7-23-16-13(18)9-12(10-14(16)22-4-2)11-19-20-17(21)15-6-5-8-24-15/h3,5-6,8-11H,1,4,7H2,2H3,(H,20,21)/b19-11+. The van der Waals surface area contributed by atoms with Gasteiger partial charge in [0.2, 0.25) is 0 Å². The first kappa shape index (κ1) is 18.2. The fourth-order valence-electron chi connectivity index (χ4n) is 1.84. The van der Waals surface area contributed by atoms with Gasteiger partial charge in [0, 0.05) is 0 Å². The van der Waals surface area contributed by atoms with Crippen LogP contribution in [0, 0.1) is 0 Å². The molecular weight excluding hydrogens is 392 g/mol. The lowest BCUT2D eigenvalue weighted by Crippen LogP contribution is -2.16. The maximum atomic E-state index is 11.8. The average Bonchev–Trinajstić information content (AvgIpc) is 3.09. The second-order valence-corrected chi connectivity index (χ2v) is 6.34. The van der Waals surface area contributed by atoms with Crippen molar-refractivity contribution in [1.29, 1.82) is 0 Å². The monoisotopic (exact) mass is 408 g/mol. The van der Waals surface area contributed by atoms with Crippen molar-refractivity contribution < 1.29 is 14.3 Å². The van der Waals surface area contributed by atoms with Crippen LogP contribution in [0.2, 0.25) is 0 Å². The molecule has 1 aromatic heterocycles. The normalized spacial score (nSPS) is 10.6. The van der Waals surface area contributed by atoms with Gasteiger partial charge in [0.1, 0.15) is 6.61 Å². The summed E-state index contributed by atoms with van der Waals surface area (Å²) in [6.45, 7) is 6.42. The molecule has 0 radical (unpaired) electrons. The van der Waals surface area contributed by atoms with E-state index >= 15 is 0 Å². The average molecular weight is 409 g/mol. The van der Waals surface area contributed by atoms with Crippen LogP contribution in [0.15, 0.2) is 51.9 Å². The number of hydrazone groups is 1. The number of nitrogens with zero attached hydrogens (tertiary/aromatic N) is 1. The Bertz CT molecular complexity index is 730. The molecule has 2 aromatic rings. The van der Waals surface area contributed by atoms with E-state index in [4.69, 9.17) is 9.47 Å². The Kier molecular flexibility index (Phi) is 7.02. The van der Waals surface area contributed by atoms with Crippen LogP contribution < -0.4 is 14.9 Å². The van der Waals surface area contributed by atoms with Gasteiger partial charge in [-0.1, -0.05) is 18.7 Å². The van der Waals surface area contributed by atoms with Crippen LogP contribution in [-0.2, 0) is 0 Å². The number of halogens is 1. The third-order valence-corrected chi connectivity index (χ3v) is 4.26. The molecule has 1 aromatic carbocycles. The van der Waals surface area contributed by atoms with Gasteiger partial charge in [-0.15, -0.1) is 11.3 Å². The number of benzene rings is 1. The van der Waals surface area contributed by atoms with Crippen LogP contribution in [0.3, 0.4) is 0 Å². The third-order valence-electron chi connectivity index (χ3n) is 2.80. The Morgan fingerprint density at radius 1 is 1.46 bits per heavy atom. The summed E-state index contributed by atoms with van der Waals surface area (Å²) >= 11 is 4.82. The summed E-state index contributed by atoms with van der Waals surface area (Å²) in [5.41, 5.74) is 3.26. The second kappa shape index (κ2) is 9.24. The number of amides is 1. The van der Waals surface area contributed by atoms with E-state index in [2.05, 4.69) is 33.0 Å². The molecule has 1 heterocycles. The summed E-state index contributed by atoms with van der Waals surface area (Å²) in [7, 11) is 0. The lowest BCUT2D eigenvalue weighted by molar-refractivity contribution is 0.0959. The van der Waals surface area contributed by atoms with Crippen molar-refractivity contribution in [2.75, 3.05) is 13.2 Å². The van der Waals surface area contributed by atoms with Crippen LogP contribution >= 0.6 is 27.3 Å². The molecule has 0 aliphatic carbocycles. The predicted octanol–water partition coefficient (Wildman–Crippen LogP) is 4.24. The van der Waals surface area contributed by atoms with E-state index in [-0.39, 0.29) is 5.91 Å². The second-order valence-electron chi connectivity index (χ2n) is 4.54. The van der Waals surface area contributed by atoms with Crippen LogP contribution in [0.25, 0.3) is 0 Å². The molecule has 0 saturated heterocycles. The number of hydrogen-bond donors (Lipinski definition) is 1. The third kappa shape index (κ3) is 4.94. The number of thiophene rings is 1. The van der Waals surface area contributed by atoms with Crippen molar-refractivity contribution in [1.82, 2.24) is 5.43 Å². The van der Waals surface area contributed by atoms with E-state index in [0.29, 0.717) is 29.6 Å². The summed E-state index contributed by atoms with van der Waals surface area (Å²) in [6.07, 6.45) is 3.22. The molecule has 5 nitrogen and oxygen atoms in total. The molecule has 7 heteroatoms. The molecule has 24 heavy (non-hydrogen) atoms. The highest BCUT2D eigenvalue weighted by atomic mass is 79.9. The Balaban J connectivity index is 2.13. The molecule has 0 unspecified atom stereocenters. The van der Waals surface area contributed by atoms with E-state index in [1.807, 2.05) is 24.4 Å². The lowest BCUT2D eigenvalue weighted by atomic mass is 10.2. The minimum Gasteiger partial charge on any atom is -0.490 e. The van der Waals surface area contributed by atoms with E-state index in [1.165, 1.54) is 11.3 Å². The SMILES string of the molecule is C=CCOc1c(Br)cc(/C=N/NC(=O)c2cccs2)cc1OCC. The maximum Gasteiger partial charge on any atom is 0.281 e. The Morgan fingerprint density at radius 2 is 2.29 bits per heavy atom. The molecule has 2 rings (SSSR count). The molecule has 0 atom stereocenters. The molecule has 0 aliphatic heterocycles. The van der Waals surface area contributed by atoms with Gasteiger partial charge < -0.3 is 9.47 Å². The Labute approximate surface area is 153 Å². The summed E-state index contributed by atoms with van der Waals surface area (Å²) < 4.78 is 12.0. The molecule has 0 bridgehead atoms. The topological polar surface area (TPSA) is 59.9 Å². The molecule has 0 aliphatic rings. The van der Waals surface area contributed by atoms with Gasteiger partial charge in [-0.3, -0.25) is 4.79 Å². The van der Waals surface area contributed by atoms with Crippen molar-refractivity contribution in [2.45, 2.75) is 6.92 Å². The number of carbonyl (C=O) groups is 1. The van der Waals surface area contributed by atoms with Crippen LogP contribution in [0.5, 0.6) is 11.5 Å². The molecule has 0 saturated carbocycles. The maximum absolute atomic E-state index is 11.8. The number of hydrogen-bond acceptors (Lipinski definition) is 5. The van der Waals surface area contributed by atoms with Crippen molar-refractivity contribution in [3.05, 3.63) is 57.2 Å². The largest absolute Gasteiger partial charge is 0.490 e. The Hall–Kier alpha value is -2.12. The number of ether oxygens (including phenoxy) is 2. The zero-order valence-corrected chi connectivity index (χ0v) is 15.5. The van der Waals surface area contributed by atoms with Crippen molar-refractivity contribution in [3.8, 4) is 11.5 Å². The first-order chi connectivity index (χ1) is 11.7. The van der Waals surface area contributed by atoms with Gasteiger partial charge in [0.05, 0.1) is 22.2 Å². The highest BCUT2D eigenvalue weighted by molar-refractivity contribution is 9.10. The highest BCUT2D eigenvalue weighted by Crippen LogP contribution is 2.36. The van der Waals surface area contributed by atoms with E-state index in [1.54, 1.807) is 24.4 Å². The van der Waals surface area contributed by atoms with E-state index in [9.17, 15) is 4.79 Å². The van der Waals surface area contributed by atoms with Gasteiger partial charge >= 0.3 is 0 Å². The number of carbonyl (C=O) groups excluding carboxylic acids is 1. The Morgan fingerprint density at radius 3 is 2.96 bits per heavy atom. The minimum atomic E-state index is -0.240. The predicted molar refractivity (Wildman–Crippen MR) is 100 cm³/mol. The zero-order valence-electron chi connectivity index (χ0n) is 13.1. The smallest absolute Gasteiger partial charge is 0.281 e. The molecule has 1 amide bonds. The van der Waals surface area contributed by atoms with Crippen LogP contribution in [0.4, 0.5) is 0 Å². The van der Waals surface area contributed by atoms with Gasteiger partial charge in [-0.25, -0.2) is 5.43 Å². The van der Waals surface area contributed by atoms with Gasteiger partial charge in [0.15, 0.2) is 11.5 Å². The number of nitrogens with one attached hydrogen (secondary N) is 1. The van der Waals surface area contributed by atoms with Crippen LogP contribution in [0.1, 0.15) is 22.2 Å². The molecular formula is C17H17BrN2O3S. The van der Waals surface area contributed by atoms with E-state index < -0.39 is 0 Å². The van der Waals surface area contributed by atoms with Crippen molar-refractivity contribution in [2.24, 2.45) is 5.10 Å². The quantitative estimate of drug-likeness (QED) is 0.403. The number of rotatable bonds is 8. The summed E-state index contributed by atoms with van der Waals surface area (Å²) in [5.74, 6) is 0.965. The molecule has 0 fully saturated rings. The first-order valence-electron chi connectivity index (χ1n) is 7.22. The van der Waals surface area contributed by atoms with Crippen LogP contribution in [-0.4, -0.2) is 25.3 Å². The highest BCUT2D eigenvalue weighted by Gasteiger charge is 2.11. The minimum absolute atomic E-state index is 0.240.